The van der Waals surface area contributed by atoms with Gasteiger partial charge in [-0.25, -0.2) is 0 Å². The van der Waals surface area contributed by atoms with E-state index in [9.17, 15) is 0 Å². The van der Waals surface area contributed by atoms with Crippen LogP contribution in [0.3, 0.4) is 0 Å². The first-order valence-electron chi connectivity index (χ1n) is 4.44. The molecule has 0 spiro atoms. The van der Waals surface area contributed by atoms with E-state index in [1.54, 1.807) is 0 Å². The highest BCUT2D eigenvalue weighted by atomic mass is 16.3. The van der Waals surface area contributed by atoms with E-state index in [1.165, 1.54) is 0 Å². The predicted octanol–water partition coefficient (Wildman–Crippen LogP) is -0.0364. The van der Waals surface area contributed by atoms with Gasteiger partial charge in [-0.15, -0.1) is 0 Å². The van der Waals surface area contributed by atoms with E-state index >= 15 is 0 Å². The SMILES string of the molecule is Cc1ccc(CNCC(N)CN)o1. The summed E-state index contributed by atoms with van der Waals surface area (Å²) in [6, 6.07) is 3.92. The molecule has 1 unspecified atom stereocenters. The first-order chi connectivity index (χ1) is 6.22. The molecule has 0 aliphatic heterocycles. The number of furan rings is 1. The quantitative estimate of drug-likeness (QED) is 0.599. The molecule has 0 aromatic carbocycles. The molecule has 0 aliphatic carbocycles. The van der Waals surface area contributed by atoms with Crippen LogP contribution in [0, 0.1) is 6.92 Å². The molecule has 4 heteroatoms. The van der Waals surface area contributed by atoms with Crippen LogP contribution in [0.1, 0.15) is 11.5 Å². The average molecular weight is 183 g/mol. The molecular formula is C9H17N3O. The van der Waals surface area contributed by atoms with Crippen molar-refractivity contribution in [2.24, 2.45) is 11.5 Å². The Kier molecular flexibility index (Phi) is 3.95. The Balaban J connectivity index is 2.20. The van der Waals surface area contributed by atoms with Crippen molar-refractivity contribution in [2.75, 3.05) is 13.1 Å². The summed E-state index contributed by atoms with van der Waals surface area (Å²) in [5.41, 5.74) is 11.0. The number of hydrogen-bond donors (Lipinski definition) is 3. The van der Waals surface area contributed by atoms with E-state index in [-0.39, 0.29) is 6.04 Å². The number of nitrogens with one attached hydrogen (secondary N) is 1. The minimum absolute atomic E-state index is 0.0241. The van der Waals surface area contributed by atoms with Crippen LogP contribution in [-0.2, 0) is 6.54 Å². The van der Waals surface area contributed by atoms with Crippen LogP contribution >= 0.6 is 0 Å². The fourth-order valence-electron chi connectivity index (χ4n) is 1.04. The first-order valence-corrected chi connectivity index (χ1v) is 4.44. The van der Waals surface area contributed by atoms with Crippen molar-refractivity contribution >= 4 is 0 Å². The molecule has 13 heavy (non-hydrogen) atoms. The second-order valence-electron chi connectivity index (χ2n) is 3.14. The van der Waals surface area contributed by atoms with E-state index in [0.717, 1.165) is 18.1 Å². The molecule has 1 rings (SSSR count). The summed E-state index contributed by atoms with van der Waals surface area (Å²) < 4.78 is 5.36. The Morgan fingerprint density at radius 3 is 2.85 bits per heavy atom. The van der Waals surface area contributed by atoms with Crippen molar-refractivity contribution in [2.45, 2.75) is 19.5 Å². The van der Waals surface area contributed by atoms with Gasteiger partial charge in [-0.05, 0) is 19.1 Å². The van der Waals surface area contributed by atoms with Gasteiger partial charge in [0.15, 0.2) is 0 Å². The van der Waals surface area contributed by atoms with E-state index in [4.69, 9.17) is 15.9 Å². The molecule has 4 nitrogen and oxygen atoms in total. The average Bonchev–Trinajstić information content (AvgIpc) is 2.51. The van der Waals surface area contributed by atoms with E-state index in [1.807, 2.05) is 19.1 Å². The molecule has 0 amide bonds. The fraction of sp³-hybridized carbons (Fsp3) is 0.556. The molecule has 1 aromatic heterocycles. The Hall–Kier alpha value is -0.840. The van der Waals surface area contributed by atoms with Crippen LogP contribution in [0.25, 0.3) is 0 Å². The highest BCUT2D eigenvalue weighted by molar-refractivity contribution is 5.05. The highest BCUT2D eigenvalue weighted by Crippen LogP contribution is 2.04. The first kappa shape index (κ1) is 10.2. The monoisotopic (exact) mass is 183 g/mol. The van der Waals surface area contributed by atoms with Gasteiger partial charge in [0.05, 0.1) is 6.54 Å². The van der Waals surface area contributed by atoms with Crippen molar-refractivity contribution in [3.05, 3.63) is 23.7 Å². The zero-order chi connectivity index (χ0) is 9.68. The predicted molar refractivity (Wildman–Crippen MR) is 52.2 cm³/mol. The minimum atomic E-state index is 0.0241. The standard InChI is InChI=1S/C9H17N3O/c1-7-2-3-9(13-7)6-12-5-8(11)4-10/h2-3,8,12H,4-6,10-11H2,1H3. The third-order valence-corrected chi connectivity index (χ3v) is 1.80. The van der Waals surface area contributed by atoms with Gasteiger partial charge in [-0.2, -0.15) is 0 Å². The minimum Gasteiger partial charge on any atom is -0.465 e. The smallest absolute Gasteiger partial charge is 0.117 e. The van der Waals surface area contributed by atoms with Gasteiger partial charge in [0.1, 0.15) is 11.5 Å². The third-order valence-electron chi connectivity index (χ3n) is 1.80. The van der Waals surface area contributed by atoms with Crippen LogP contribution in [0.5, 0.6) is 0 Å². The molecule has 0 saturated carbocycles. The van der Waals surface area contributed by atoms with Crippen molar-refractivity contribution in [3.63, 3.8) is 0 Å². The third kappa shape index (κ3) is 3.59. The lowest BCUT2D eigenvalue weighted by molar-refractivity contribution is 0.454. The van der Waals surface area contributed by atoms with Crippen molar-refractivity contribution in [1.82, 2.24) is 5.32 Å². The summed E-state index contributed by atoms with van der Waals surface area (Å²) in [5, 5.41) is 3.17. The Bertz CT molecular complexity index is 247. The lowest BCUT2D eigenvalue weighted by Gasteiger charge is -2.08. The van der Waals surface area contributed by atoms with Crippen molar-refractivity contribution < 1.29 is 4.42 Å². The van der Waals surface area contributed by atoms with E-state index < -0.39 is 0 Å². The lowest BCUT2D eigenvalue weighted by atomic mass is 10.3. The largest absolute Gasteiger partial charge is 0.465 e. The maximum atomic E-state index is 5.62. The fourth-order valence-corrected chi connectivity index (χ4v) is 1.04. The topological polar surface area (TPSA) is 77.2 Å². The zero-order valence-electron chi connectivity index (χ0n) is 7.92. The van der Waals surface area contributed by atoms with E-state index in [0.29, 0.717) is 13.1 Å². The zero-order valence-corrected chi connectivity index (χ0v) is 7.92. The Morgan fingerprint density at radius 1 is 1.54 bits per heavy atom. The van der Waals surface area contributed by atoms with Gasteiger partial charge in [0.2, 0.25) is 0 Å². The van der Waals surface area contributed by atoms with Crippen LogP contribution in [0.4, 0.5) is 0 Å². The summed E-state index contributed by atoms with van der Waals surface area (Å²) in [6.45, 7) is 3.86. The molecule has 0 radical (unpaired) electrons. The number of nitrogens with two attached hydrogens (primary N) is 2. The summed E-state index contributed by atoms with van der Waals surface area (Å²) in [7, 11) is 0. The van der Waals surface area contributed by atoms with Crippen molar-refractivity contribution in [3.8, 4) is 0 Å². The second-order valence-corrected chi connectivity index (χ2v) is 3.14. The van der Waals surface area contributed by atoms with Crippen LogP contribution in [0.15, 0.2) is 16.5 Å². The van der Waals surface area contributed by atoms with Gasteiger partial charge in [0, 0.05) is 19.1 Å². The molecule has 1 atom stereocenters. The molecule has 0 bridgehead atoms. The molecular weight excluding hydrogens is 166 g/mol. The molecule has 5 N–H and O–H groups in total. The van der Waals surface area contributed by atoms with Gasteiger partial charge in [-0.3, -0.25) is 0 Å². The maximum Gasteiger partial charge on any atom is 0.117 e. The Morgan fingerprint density at radius 2 is 2.31 bits per heavy atom. The number of aryl methyl sites for hydroxylation is 1. The van der Waals surface area contributed by atoms with Crippen LogP contribution in [-0.4, -0.2) is 19.1 Å². The van der Waals surface area contributed by atoms with Gasteiger partial charge in [-0.1, -0.05) is 0 Å². The van der Waals surface area contributed by atoms with Crippen LogP contribution in [0.2, 0.25) is 0 Å². The molecule has 0 aliphatic rings. The summed E-state index contributed by atoms with van der Waals surface area (Å²) in [5.74, 6) is 1.86. The molecule has 0 saturated heterocycles. The molecule has 1 heterocycles. The molecule has 0 fully saturated rings. The summed E-state index contributed by atoms with van der Waals surface area (Å²) in [4.78, 5) is 0. The van der Waals surface area contributed by atoms with Gasteiger partial charge >= 0.3 is 0 Å². The molecule has 74 valence electrons. The van der Waals surface area contributed by atoms with Crippen molar-refractivity contribution in [1.29, 1.82) is 0 Å². The van der Waals surface area contributed by atoms with E-state index in [2.05, 4.69) is 5.32 Å². The van der Waals surface area contributed by atoms with Gasteiger partial charge < -0.3 is 21.2 Å². The second kappa shape index (κ2) is 5.01. The highest BCUT2D eigenvalue weighted by Gasteiger charge is 2.00. The normalized spacial score (nSPS) is 13.2. The number of rotatable bonds is 5. The number of hydrogen-bond acceptors (Lipinski definition) is 4. The maximum absolute atomic E-state index is 5.62. The summed E-state index contributed by atoms with van der Waals surface area (Å²) in [6.07, 6.45) is 0. The lowest BCUT2D eigenvalue weighted by Crippen LogP contribution is -2.39. The van der Waals surface area contributed by atoms with Crippen LogP contribution < -0.4 is 16.8 Å². The molecule has 1 aromatic rings. The summed E-state index contributed by atoms with van der Waals surface area (Å²) >= 11 is 0. The Labute approximate surface area is 78.3 Å². The van der Waals surface area contributed by atoms with Gasteiger partial charge in [0.25, 0.3) is 0 Å².